The van der Waals surface area contributed by atoms with Gasteiger partial charge in [-0.05, 0) is 44.0 Å². The van der Waals surface area contributed by atoms with Crippen molar-refractivity contribution < 1.29 is 27.6 Å². The lowest BCUT2D eigenvalue weighted by atomic mass is 10.1. The Hall–Kier alpha value is -2.18. The Morgan fingerprint density at radius 1 is 0.917 bits per heavy atom. The highest BCUT2D eigenvalue weighted by Crippen LogP contribution is 2.20. The van der Waals surface area contributed by atoms with Crippen molar-refractivity contribution in [3.05, 3.63) is 29.8 Å². The summed E-state index contributed by atoms with van der Waals surface area (Å²) in [5.41, 5.74) is 1.14. The normalized spacial score (nSPS) is 11.2. The number of unbranched alkanes of at least 4 members (excludes halogenated alkanes) is 3. The third-order valence-corrected chi connectivity index (χ3v) is 3.45. The van der Waals surface area contributed by atoms with Gasteiger partial charge in [0, 0.05) is 24.1 Å². The Morgan fingerprint density at radius 3 is 1.96 bits per heavy atom. The van der Waals surface area contributed by atoms with E-state index in [1.54, 1.807) is 24.3 Å². The van der Waals surface area contributed by atoms with Crippen LogP contribution in [-0.4, -0.2) is 23.6 Å². The molecule has 24 heavy (non-hydrogen) atoms. The number of anilines is 1. The topological polar surface area (TPSA) is 63.2 Å². The standard InChI is InChI=1S/C17H20F3NO3/c1-12(22)13-8-10-14(11-9-13)21-16(24)7-5-3-2-4-6-15(23)17(18,19)20/h8-11H,2-7H2,1H3,(H,21,24). The number of benzene rings is 1. The molecule has 1 amide bonds. The smallest absolute Gasteiger partial charge is 0.326 e. The number of Topliss-reactive ketones (excluding diaryl/α,β-unsaturated/α-hetero) is 2. The van der Waals surface area contributed by atoms with Crippen LogP contribution in [0, 0.1) is 0 Å². The van der Waals surface area contributed by atoms with Gasteiger partial charge in [-0.1, -0.05) is 12.8 Å². The molecule has 0 fully saturated rings. The maximum Gasteiger partial charge on any atom is 0.449 e. The highest BCUT2D eigenvalue weighted by atomic mass is 19.4. The first-order valence-electron chi connectivity index (χ1n) is 7.71. The van der Waals surface area contributed by atoms with Crippen LogP contribution in [0.1, 0.15) is 55.8 Å². The zero-order chi connectivity index (χ0) is 18.2. The van der Waals surface area contributed by atoms with E-state index in [9.17, 15) is 27.6 Å². The van der Waals surface area contributed by atoms with Crippen molar-refractivity contribution in [2.24, 2.45) is 0 Å². The Bertz CT molecular complexity index is 580. The molecule has 0 saturated carbocycles. The van der Waals surface area contributed by atoms with Crippen LogP contribution in [0.5, 0.6) is 0 Å². The number of halogens is 3. The molecule has 0 heterocycles. The minimum absolute atomic E-state index is 0.0584. The zero-order valence-corrected chi connectivity index (χ0v) is 13.4. The molecule has 0 aromatic heterocycles. The van der Waals surface area contributed by atoms with E-state index in [1.165, 1.54) is 6.92 Å². The van der Waals surface area contributed by atoms with Gasteiger partial charge in [0.1, 0.15) is 0 Å². The summed E-state index contributed by atoms with van der Waals surface area (Å²) in [5, 5.41) is 2.68. The molecule has 1 aromatic rings. The Balaban J connectivity index is 2.18. The van der Waals surface area contributed by atoms with E-state index in [2.05, 4.69) is 5.32 Å². The molecule has 0 spiro atoms. The molecule has 7 heteroatoms. The summed E-state index contributed by atoms with van der Waals surface area (Å²) in [6.45, 7) is 1.45. The number of amides is 1. The van der Waals surface area contributed by atoms with Crippen LogP contribution in [0.2, 0.25) is 0 Å². The molecule has 0 radical (unpaired) electrons. The quantitative estimate of drug-likeness (QED) is 0.537. The Labute approximate surface area is 138 Å². The Morgan fingerprint density at radius 2 is 1.46 bits per heavy atom. The van der Waals surface area contributed by atoms with Gasteiger partial charge in [-0.15, -0.1) is 0 Å². The molecule has 4 nitrogen and oxygen atoms in total. The van der Waals surface area contributed by atoms with Crippen LogP contribution < -0.4 is 5.32 Å². The second-order valence-electron chi connectivity index (χ2n) is 5.52. The molecule has 0 saturated heterocycles. The predicted molar refractivity (Wildman–Crippen MR) is 83.8 cm³/mol. The summed E-state index contributed by atoms with van der Waals surface area (Å²) in [6, 6.07) is 6.51. The van der Waals surface area contributed by atoms with Gasteiger partial charge in [0.2, 0.25) is 11.7 Å². The average molecular weight is 343 g/mol. The first-order chi connectivity index (χ1) is 11.2. The van der Waals surface area contributed by atoms with Crippen LogP contribution in [0.3, 0.4) is 0 Å². The second-order valence-corrected chi connectivity index (χ2v) is 5.52. The number of carbonyl (C=O) groups is 3. The monoisotopic (exact) mass is 343 g/mol. The maximum absolute atomic E-state index is 12.0. The number of alkyl halides is 3. The molecular weight excluding hydrogens is 323 g/mol. The number of hydrogen-bond donors (Lipinski definition) is 1. The molecule has 132 valence electrons. The average Bonchev–Trinajstić information content (AvgIpc) is 2.50. The summed E-state index contributed by atoms with van der Waals surface area (Å²) in [5.74, 6) is -1.96. The van der Waals surface area contributed by atoms with Gasteiger partial charge < -0.3 is 5.32 Å². The number of rotatable bonds is 9. The molecule has 0 aliphatic heterocycles. The van der Waals surface area contributed by atoms with E-state index in [4.69, 9.17) is 0 Å². The van der Waals surface area contributed by atoms with Crippen molar-refractivity contribution in [2.45, 2.75) is 51.6 Å². The number of ketones is 2. The van der Waals surface area contributed by atoms with Crippen LogP contribution in [0.25, 0.3) is 0 Å². The predicted octanol–water partition coefficient (Wildman–Crippen LogP) is 4.30. The van der Waals surface area contributed by atoms with Gasteiger partial charge in [-0.25, -0.2) is 0 Å². The Kier molecular flexibility index (Phi) is 7.61. The maximum atomic E-state index is 12.0. The third-order valence-electron chi connectivity index (χ3n) is 3.45. The molecule has 1 rings (SSSR count). The third kappa shape index (κ3) is 7.39. The molecule has 0 aliphatic rings. The van der Waals surface area contributed by atoms with Gasteiger partial charge in [0.05, 0.1) is 0 Å². The van der Waals surface area contributed by atoms with Crippen LogP contribution in [0.15, 0.2) is 24.3 Å². The first kappa shape index (κ1) is 19.9. The lowest BCUT2D eigenvalue weighted by Gasteiger charge is -2.06. The lowest BCUT2D eigenvalue weighted by molar-refractivity contribution is -0.171. The lowest BCUT2D eigenvalue weighted by Crippen LogP contribution is -2.22. The number of nitrogens with one attached hydrogen (secondary N) is 1. The van der Waals surface area contributed by atoms with E-state index >= 15 is 0 Å². The van der Waals surface area contributed by atoms with E-state index in [-0.39, 0.29) is 24.5 Å². The van der Waals surface area contributed by atoms with Crippen molar-refractivity contribution in [3.8, 4) is 0 Å². The fourth-order valence-electron chi connectivity index (χ4n) is 2.08. The van der Waals surface area contributed by atoms with Crippen molar-refractivity contribution in [1.82, 2.24) is 0 Å². The van der Waals surface area contributed by atoms with E-state index < -0.39 is 18.4 Å². The largest absolute Gasteiger partial charge is 0.449 e. The SMILES string of the molecule is CC(=O)c1ccc(NC(=O)CCCCCCC(=O)C(F)(F)F)cc1. The van der Waals surface area contributed by atoms with Crippen molar-refractivity contribution in [3.63, 3.8) is 0 Å². The molecule has 0 bridgehead atoms. The number of carbonyl (C=O) groups excluding carboxylic acids is 3. The highest BCUT2D eigenvalue weighted by Gasteiger charge is 2.36. The van der Waals surface area contributed by atoms with Crippen molar-refractivity contribution >= 4 is 23.2 Å². The van der Waals surface area contributed by atoms with Gasteiger partial charge in [-0.3, -0.25) is 14.4 Å². The second kappa shape index (κ2) is 9.20. The molecule has 1 aromatic carbocycles. The summed E-state index contributed by atoms with van der Waals surface area (Å²) in [4.78, 5) is 33.5. The minimum Gasteiger partial charge on any atom is -0.326 e. The van der Waals surface area contributed by atoms with E-state index in [1.807, 2.05) is 0 Å². The summed E-state index contributed by atoms with van der Waals surface area (Å²) in [6.07, 6.45) is -3.23. The summed E-state index contributed by atoms with van der Waals surface area (Å²) in [7, 11) is 0. The number of hydrogen-bond acceptors (Lipinski definition) is 3. The first-order valence-corrected chi connectivity index (χ1v) is 7.71. The molecule has 0 unspecified atom stereocenters. The van der Waals surface area contributed by atoms with Crippen molar-refractivity contribution in [2.75, 3.05) is 5.32 Å². The zero-order valence-electron chi connectivity index (χ0n) is 13.4. The van der Waals surface area contributed by atoms with Crippen LogP contribution in [0.4, 0.5) is 18.9 Å². The summed E-state index contributed by atoms with van der Waals surface area (Å²) >= 11 is 0. The van der Waals surface area contributed by atoms with Crippen LogP contribution in [-0.2, 0) is 9.59 Å². The molecule has 0 aliphatic carbocycles. The molecule has 0 atom stereocenters. The van der Waals surface area contributed by atoms with Gasteiger partial charge in [-0.2, -0.15) is 13.2 Å². The van der Waals surface area contributed by atoms with E-state index in [0.717, 1.165) is 0 Å². The van der Waals surface area contributed by atoms with Crippen molar-refractivity contribution in [1.29, 1.82) is 0 Å². The fraction of sp³-hybridized carbons (Fsp3) is 0.471. The van der Waals surface area contributed by atoms with Gasteiger partial charge in [0.15, 0.2) is 5.78 Å². The minimum atomic E-state index is -4.75. The van der Waals surface area contributed by atoms with Gasteiger partial charge >= 0.3 is 6.18 Å². The van der Waals surface area contributed by atoms with E-state index in [0.29, 0.717) is 30.5 Å². The highest BCUT2D eigenvalue weighted by molar-refractivity contribution is 5.95. The van der Waals surface area contributed by atoms with Gasteiger partial charge in [0.25, 0.3) is 0 Å². The van der Waals surface area contributed by atoms with Crippen LogP contribution >= 0.6 is 0 Å². The fourth-order valence-corrected chi connectivity index (χ4v) is 2.08. The summed E-state index contributed by atoms with van der Waals surface area (Å²) < 4.78 is 36.0. The molecular formula is C17H20F3NO3. The molecule has 1 N–H and O–H groups in total.